The van der Waals surface area contributed by atoms with Crippen LogP contribution in [0, 0.1) is 0 Å². The number of benzene rings is 3. The van der Waals surface area contributed by atoms with Crippen molar-refractivity contribution in [2.75, 3.05) is 6.54 Å². The van der Waals surface area contributed by atoms with E-state index in [2.05, 4.69) is 84.7 Å². The van der Waals surface area contributed by atoms with Crippen molar-refractivity contribution < 1.29 is 0 Å². The highest BCUT2D eigenvalue weighted by atomic mass is 14.7. The number of hydrogen-bond acceptors (Lipinski definition) is 1. The third-order valence-corrected chi connectivity index (χ3v) is 5.57. The van der Waals surface area contributed by atoms with E-state index in [9.17, 15) is 0 Å². The number of H-pyrrole nitrogens is 1. The molecular weight excluding hydrogens is 340 g/mol. The van der Waals surface area contributed by atoms with Gasteiger partial charge in [-0.1, -0.05) is 79.7 Å². The van der Waals surface area contributed by atoms with Crippen LogP contribution in [0.2, 0.25) is 0 Å². The van der Waals surface area contributed by atoms with E-state index < -0.39 is 0 Å². The number of nitrogens with two attached hydrogens (primary N) is 1. The van der Waals surface area contributed by atoms with Gasteiger partial charge < -0.3 is 10.7 Å². The Morgan fingerprint density at radius 2 is 1.54 bits per heavy atom. The fourth-order valence-electron chi connectivity index (χ4n) is 4.14. The summed E-state index contributed by atoms with van der Waals surface area (Å²) in [4.78, 5) is 3.81. The second kappa shape index (κ2) is 8.45. The number of aromatic nitrogens is 1. The van der Waals surface area contributed by atoms with Crippen LogP contribution in [0.5, 0.6) is 0 Å². The lowest BCUT2D eigenvalue weighted by Crippen LogP contribution is -1.99. The molecule has 4 aromatic rings. The summed E-state index contributed by atoms with van der Waals surface area (Å²) in [6.45, 7) is 2.97. The maximum absolute atomic E-state index is 5.77. The number of hydrogen-bond donors (Lipinski definition) is 2. The van der Waals surface area contributed by atoms with Crippen LogP contribution in [0.25, 0.3) is 33.3 Å². The van der Waals surface area contributed by atoms with Gasteiger partial charge in [0.15, 0.2) is 0 Å². The minimum atomic E-state index is 0.749. The molecule has 0 aliphatic carbocycles. The second-order valence-corrected chi connectivity index (χ2v) is 7.33. The van der Waals surface area contributed by atoms with Gasteiger partial charge in [-0.15, -0.1) is 0 Å². The van der Waals surface area contributed by atoms with Crippen molar-refractivity contribution in [2.24, 2.45) is 5.73 Å². The molecule has 0 saturated carbocycles. The summed E-state index contributed by atoms with van der Waals surface area (Å²) in [5, 5.41) is 1.36. The Labute approximate surface area is 167 Å². The standard InChI is InChI=1S/C26H28N2/c1-2-19-13-10-17-23-24(16-8-9-18-27)26(28-25(19)23)22-15-7-6-14-21(22)20-11-4-3-5-12-20/h3-7,10-15,17,28H,2,8-9,16,18,27H2,1H3. The first kappa shape index (κ1) is 18.5. The van der Waals surface area contributed by atoms with Crippen LogP contribution in [0.1, 0.15) is 30.9 Å². The number of nitrogens with one attached hydrogen (secondary N) is 1. The number of aryl methyl sites for hydroxylation is 2. The molecule has 0 spiro atoms. The van der Waals surface area contributed by atoms with Crippen LogP contribution in [0.4, 0.5) is 0 Å². The van der Waals surface area contributed by atoms with E-state index in [1.165, 1.54) is 44.4 Å². The van der Waals surface area contributed by atoms with Crippen molar-refractivity contribution in [3.05, 3.63) is 83.9 Å². The van der Waals surface area contributed by atoms with Crippen molar-refractivity contribution in [2.45, 2.75) is 32.6 Å². The molecule has 0 aliphatic rings. The Morgan fingerprint density at radius 3 is 2.29 bits per heavy atom. The van der Waals surface area contributed by atoms with Crippen molar-refractivity contribution >= 4 is 10.9 Å². The number of fused-ring (bicyclic) bond motifs is 1. The Hall–Kier alpha value is -2.84. The summed E-state index contributed by atoms with van der Waals surface area (Å²) in [5.41, 5.74) is 14.9. The minimum Gasteiger partial charge on any atom is -0.354 e. The van der Waals surface area contributed by atoms with Crippen molar-refractivity contribution in [3.8, 4) is 22.4 Å². The van der Waals surface area contributed by atoms with Gasteiger partial charge in [0.1, 0.15) is 0 Å². The molecule has 1 aromatic heterocycles. The largest absolute Gasteiger partial charge is 0.354 e. The summed E-state index contributed by atoms with van der Waals surface area (Å²) in [7, 11) is 0. The average molecular weight is 369 g/mol. The van der Waals surface area contributed by atoms with Crippen molar-refractivity contribution in [1.29, 1.82) is 0 Å². The van der Waals surface area contributed by atoms with Crippen LogP contribution < -0.4 is 5.73 Å². The van der Waals surface area contributed by atoms with Crippen LogP contribution in [0.15, 0.2) is 72.8 Å². The van der Waals surface area contributed by atoms with E-state index in [4.69, 9.17) is 5.73 Å². The number of aromatic amines is 1. The molecule has 0 saturated heterocycles. The van der Waals surface area contributed by atoms with Crippen LogP contribution >= 0.6 is 0 Å². The highest BCUT2D eigenvalue weighted by Gasteiger charge is 2.17. The zero-order chi connectivity index (χ0) is 19.3. The average Bonchev–Trinajstić information content (AvgIpc) is 3.13. The van der Waals surface area contributed by atoms with Crippen LogP contribution in [-0.4, -0.2) is 11.5 Å². The first-order valence-corrected chi connectivity index (χ1v) is 10.3. The van der Waals surface area contributed by atoms with E-state index in [0.29, 0.717) is 0 Å². The molecule has 3 N–H and O–H groups in total. The van der Waals surface area contributed by atoms with E-state index in [-0.39, 0.29) is 0 Å². The monoisotopic (exact) mass is 368 g/mol. The second-order valence-electron chi connectivity index (χ2n) is 7.33. The number of para-hydroxylation sites is 1. The minimum absolute atomic E-state index is 0.749. The molecule has 0 atom stereocenters. The van der Waals surface area contributed by atoms with Gasteiger partial charge in [0.2, 0.25) is 0 Å². The maximum atomic E-state index is 5.77. The molecule has 0 bridgehead atoms. The number of rotatable bonds is 7. The summed E-state index contributed by atoms with van der Waals surface area (Å²) < 4.78 is 0. The van der Waals surface area contributed by atoms with E-state index >= 15 is 0 Å². The third-order valence-electron chi connectivity index (χ3n) is 5.57. The highest BCUT2D eigenvalue weighted by Crippen LogP contribution is 2.38. The predicted molar refractivity (Wildman–Crippen MR) is 121 cm³/mol. The maximum Gasteiger partial charge on any atom is 0.0503 e. The fourth-order valence-corrected chi connectivity index (χ4v) is 4.14. The lowest BCUT2D eigenvalue weighted by molar-refractivity contribution is 0.748. The van der Waals surface area contributed by atoms with Gasteiger partial charge in [-0.2, -0.15) is 0 Å². The van der Waals surface area contributed by atoms with Gasteiger partial charge in [0.25, 0.3) is 0 Å². The molecule has 142 valence electrons. The van der Waals surface area contributed by atoms with Gasteiger partial charge >= 0.3 is 0 Å². The van der Waals surface area contributed by atoms with Crippen molar-refractivity contribution in [3.63, 3.8) is 0 Å². The Morgan fingerprint density at radius 1 is 0.786 bits per heavy atom. The Kier molecular flexibility index (Phi) is 5.59. The molecule has 0 unspecified atom stereocenters. The van der Waals surface area contributed by atoms with Gasteiger partial charge in [-0.3, -0.25) is 0 Å². The molecule has 0 fully saturated rings. The number of unbranched alkanes of at least 4 members (excludes halogenated alkanes) is 1. The van der Waals surface area contributed by atoms with E-state index in [1.807, 2.05) is 0 Å². The van der Waals surface area contributed by atoms with Gasteiger partial charge in [-0.05, 0) is 54.5 Å². The lowest BCUT2D eigenvalue weighted by Gasteiger charge is -2.11. The first-order valence-electron chi connectivity index (χ1n) is 10.3. The molecule has 3 aromatic carbocycles. The Balaban J connectivity index is 1.93. The normalized spacial score (nSPS) is 11.2. The van der Waals surface area contributed by atoms with E-state index in [1.54, 1.807) is 0 Å². The molecular formula is C26H28N2. The molecule has 0 amide bonds. The van der Waals surface area contributed by atoms with E-state index in [0.717, 1.165) is 32.2 Å². The first-order chi connectivity index (χ1) is 13.8. The zero-order valence-electron chi connectivity index (χ0n) is 16.5. The predicted octanol–water partition coefficient (Wildman–Crippen LogP) is 6.35. The summed E-state index contributed by atoms with van der Waals surface area (Å²) in [6.07, 6.45) is 4.24. The molecule has 0 radical (unpaired) electrons. The lowest BCUT2D eigenvalue weighted by atomic mass is 9.93. The molecule has 2 nitrogen and oxygen atoms in total. The molecule has 4 rings (SSSR count). The highest BCUT2D eigenvalue weighted by molar-refractivity contribution is 5.95. The zero-order valence-corrected chi connectivity index (χ0v) is 16.5. The topological polar surface area (TPSA) is 41.8 Å². The fraction of sp³-hybridized carbons (Fsp3) is 0.231. The third kappa shape index (κ3) is 3.48. The SMILES string of the molecule is CCc1cccc2c(CCCCN)c(-c3ccccc3-c3ccccc3)[nH]c12. The summed E-state index contributed by atoms with van der Waals surface area (Å²) in [6, 6.07) is 26.1. The van der Waals surface area contributed by atoms with Crippen molar-refractivity contribution in [1.82, 2.24) is 4.98 Å². The molecule has 0 aliphatic heterocycles. The molecule has 1 heterocycles. The molecule has 2 heteroatoms. The van der Waals surface area contributed by atoms with Gasteiger partial charge in [0.05, 0.1) is 5.69 Å². The smallest absolute Gasteiger partial charge is 0.0503 e. The van der Waals surface area contributed by atoms with Gasteiger partial charge in [0, 0.05) is 16.5 Å². The van der Waals surface area contributed by atoms with Crippen LogP contribution in [-0.2, 0) is 12.8 Å². The summed E-state index contributed by atoms with van der Waals surface area (Å²) in [5.74, 6) is 0. The Bertz CT molecular complexity index is 1060. The molecule has 28 heavy (non-hydrogen) atoms. The van der Waals surface area contributed by atoms with Crippen LogP contribution in [0.3, 0.4) is 0 Å². The quantitative estimate of drug-likeness (QED) is 0.367. The van der Waals surface area contributed by atoms with Gasteiger partial charge in [-0.25, -0.2) is 0 Å². The summed E-state index contributed by atoms with van der Waals surface area (Å²) >= 11 is 0.